The standard InChI is InChI=1S/C19H24N4O3S/c1-12-4-6-15(7-5-12)27(25,26)23-10-14-8-18(17(14)11-23)21-19(24)16-9-20-22(3)13(16)2/h4-7,9,14,17-18H,8,10-11H2,1-3H3,(H,21,24)/t14-,17+,18+/m1/s1. The third-order valence-electron chi connectivity index (χ3n) is 5.99. The number of nitrogens with zero attached hydrogens (tertiary/aromatic N) is 3. The average Bonchev–Trinajstić information content (AvgIpc) is 3.14. The van der Waals surface area contributed by atoms with Crippen molar-refractivity contribution >= 4 is 15.9 Å². The van der Waals surface area contributed by atoms with Gasteiger partial charge in [0.15, 0.2) is 0 Å². The maximum absolute atomic E-state index is 12.9. The van der Waals surface area contributed by atoms with Crippen molar-refractivity contribution in [1.82, 2.24) is 19.4 Å². The van der Waals surface area contributed by atoms with E-state index in [0.717, 1.165) is 17.7 Å². The number of aromatic nitrogens is 2. The van der Waals surface area contributed by atoms with Crippen LogP contribution in [0, 0.1) is 25.7 Å². The Morgan fingerprint density at radius 2 is 1.89 bits per heavy atom. The van der Waals surface area contributed by atoms with Crippen molar-refractivity contribution in [2.75, 3.05) is 13.1 Å². The summed E-state index contributed by atoms with van der Waals surface area (Å²) < 4.78 is 29.0. The first-order valence-corrected chi connectivity index (χ1v) is 10.6. The number of sulfonamides is 1. The summed E-state index contributed by atoms with van der Waals surface area (Å²) in [6.07, 6.45) is 2.39. The fourth-order valence-electron chi connectivity index (χ4n) is 4.06. The molecule has 144 valence electrons. The number of rotatable bonds is 4. The smallest absolute Gasteiger partial charge is 0.254 e. The van der Waals surface area contributed by atoms with Crippen LogP contribution in [0.4, 0.5) is 0 Å². The van der Waals surface area contributed by atoms with Crippen molar-refractivity contribution in [3.8, 4) is 0 Å². The van der Waals surface area contributed by atoms with E-state index in [1.54, 1.807) is 34.4 Å². The lowest BCUT2D eigenvalue weighted by atomic mass is 9.71. The highest BCUT2D eigenvalue weighted by molar-refractivity contribution is 7.89. The third kappa shape index (κ3) is 3.06. The van der Waals surface area contributed by atoms with Crippen LogP contribution in [0.15, 0.2) is 35.4 Å². The lowest BCUT2D eigenvalue weighted by Crippen LogP contribution is -2.52. The van der Waals surface area contributed by atoms with Gasteiger partial charge in [-0.1, -0.05) is 17.7 Å². The summed E-state index contributed by atoms with van der Waals surface area (Å²) in [5.74, 6) is 0.348. The molecule has 1 N–H and O–H groups in total. The molecule has 0 unspecified atom stereocenters. The zero-order chi connectivity index (χ0) is 19.3. The van der Waals surface area contributed by atoms with Gasteiger partial charge in [0.2, 0.25) is 10.0 Å². The molecular formula is C19H24N4O3S. The second-order valence-corrected chi connectivity index (χ2v) is 9.58. The molecular weight excluding hydrogens is 364 g/mol. The first-order chi connectivity index (χ1) is 12.8. The summed E-state index contributed by atoms with van der Waals surface area (Å²) >= 11 is 0. The highest BCUT2D eigenvalue weighted by atomic mass is 32.2. The molecule has 8 heteroatoms. The summed E-state index contributed by atoms with van der Waals surface area (Å²) in [6.45, 7) is 4.78. The van der Waals surface area contributed by atoms with Gasteiger partial charge in [0.25, 0.3) is 5.91 Å². The molecule has 7 nitrogen and oxygen atoms in total. The van der Waals surface area contributed by atoms with Gasteiger partial charge < -0.3 is 5.32 Å². The van der Waals surface area contributed by atoms with Crippen molar-refractivity contribution in [2.24, 2.45) is 18.9 Å². The highest BCUT2D eigenvalue weighted by Crippen LogP contribution is 2.42. The van der Waals surface area contributed by atoms with Crippen molar-refractivity contribution < 1.29 is 13.2 Å². The molecule has 2 aromatic rings. The molecule has 1 amide bonds. The monoisotopic (exact) mass is 388 g/mol. The van der Waals surface area contributed by atoms with E-state index < -0.39 is 10.0 Å². The van der Waals surface area contributed by atoms with E-state index in [9.17, 15) is 13.2 Å². The Hall–Kier alpha value is -2.19. The molecule has 1 saturated heterocycles. The van der Waals surface area contributed by atoms with Crippen molar-refractivity contribution in [2.45, 2.75) is 31.2 Å². The minimum absolute atomic E-state index is 0.0142. The Morgan fingerprint density at radius 1 is 1.19 bits per heavy atom. The quantitative estimate of drug-likeness (QED) is 0.860. The van der Waals surface area contributed by atoms with Crippen LogP contribution in [-0.2, 0) is 17.1 Å². The van der Waals surface area contributed by atoms with Gasteiger partial charge in [-0.05, 0) is 44.2 Å². The van der Waals surface area contributed by atoms with Crippen LogP contribution < -0.4 is 5.32 Å². The van der Waals surface area contributed by atoms with Crippen LogP contribution in [0.25, 0.3) is 0 Å². The first kappa shape index (κ1) is 18.2. The highest BCUT2D eigenvalue weighted by Gasteiger charge is 2.50. The lowest BCUT2D eigenvalue weighted by molar-refractivity contribution is 0.0832. The number of hydrogen-bond acceptors (Lipinski definition) is 4. The molecule has 1 aromatic carbocycles. The summed E-state index contributed by atoms with van der Waals surface area (Å²) in [5, 5.41) is 7.17. The fraction of sp³-hybridized carbons (Fsp3) is 0.474. The Kier molecular flexibility index (Phi) is 4.35. The van der Waals surface area contributed by atoms with Crippen molar-refractivity contribution in [1.29, 1.82) is 0 Å². The van der Waals surface area contributed by atoms with E-state index in [0.29, 0.717) is 29.5 Å². The molecule has 0 radical (unpaired) electrons. The summed E-state index contributed by atoms with van der Waals surface area (Å²) in [7, 11) is -1.68. The maximum atomic E-state index is 12.9. The van der Waals surface area contributed by atoms with Crippen molar-refractivity contribution in [3.05, 3.63) is 47.3 Å². The van der Waals surface area contributed by atoms with Gasteiger partial charge in [0.1, 0.15) is 0 Å². The zero-order valence-electron chi connectivity index (χ0n) is 15.7. The molecule has 27 heavy (non-hydrogen) atoms. The van der Waals surface area contributed by atoms with Crippen molar-refractivity contribution in [3.63, 3.8) is 0 Å². The minimum Gasteiger partial charge on any atom is -0.349 e. The Morgan fingerprint density at radius 3 is 2.52 bits per heavy atom. The maximum Gasteiger partial charge on any atom is 0.254 e. The Balaban J connectivity index is 1.43. The summed E-state index contributed by atoms with van der Waals surface area (Å²) in [5.41, 5.74) is 2.42. The summed E-state index contributed by atoms with van der Waals surface area (Å²) in [6, 6.07) is 6.97. The molecule has 2 heterocycles. The summed E-state index contributed by atoms with van der Waals surface area (Å²) in [4.78, 5) is 12.8. The molecule has 0 bridgehead atoms. The average molecular weight is 388 g/mol. The van der Waals surface area contributed by atoms with E-state index in [1.807, 2.05) is 26.0 Å². The fourth-order valence-corrected chi connectivity index (χ4v) is 5.59. The number of nitrogens with one attached hydrogen (secondary N) is 1. The molecule has 3 atom stereocenters. The normalized spacial score (nSPS) is 25.1. The second kappa shape index (κ2) is 6.45. The largest absolute Gasteiger partial charge is 0.349 e. The SMILES string of the molecule is Cc1ccc(S(=O)(=O)N2C[C@H]3C[C@H](NC(=O)c4cnn(C)c4C)[C@H]3C2)cc1. The van der Waals surface area contributed by atoms with E-state index >= 15 is 0 Å². The molecule has 0 spiro atoms. The van der Waals surface area contributed by atoms with Crippen LogP contribution in [-0.4, -0.2) is 47.5 Å². The molecule has 1 saturated carbocycles. The van der Waals surface area contributed by atoms with Gasteiger partial charge in [0.05, 0.1) is 16.7 Å². The number of hydrogen-bond donors (Lipinski definition) is 1. The molecule has 1 aliphatic heterocycles. The van der Waals surface area contributed by atoms with E-state index in [-0.39, 0.29) is 17.9 Å². The number of aryl methyl sites for hydroxylation is 2. The Labute approximate surface area is 159 Å². The van der Waals surface area contributed by atoms with Gasteiger partial charge in [-0.15, -0.1) is 0 Å². The molecule has 2 fully saturated rings. The van der Waals surface area contributed by atoms with E-state index in [2.05, 4.69) is 10.4 Å². The third-order valence-corrected chi connectivity index (χ3v) is 7.83. The van der Waals surface area contributed by atoms with Crippen LogP contribution in [0.5, 0.6) is 0 Å². The van der Waals surface area contributed by atoms with Gasteiger partial charge >= 0.3 is 0 Å². The number of carbonyl (C=O) groups excluding carboxylic acids is 1. The molecule has 1 aliphatic carbocycles. The topological polar surface area (TPSA) is 84.3 Å². The zero-order valence-corrected chi connectivity index (χ0v) is 16.5. The van der Waals surface area contributed by atoms with Crippen LogP contribution in [0.3, 0.4) is 0 Å². The molecule has 2 aliphatic rings. The number of fused-ring (bicyclic) bond motifs is 1. The number of carbonyl (C=O) groups is 1. The number of amides is 1. The number of benzene rings is 1. The predicted molar refractivity (Wildman–Crippen MR) is 101 cm³/mol. The van der Waals surface area contributed by atoms with Crippen LogP contribution in [0.1, 0.15) is 28.0 Å². The molecule has 4 rings (SSSR count). The predicted octanol–water partition coefficient (Wildman–Crippen LogP) is 1.48. The van der Waals surface area contributed by atoms with Crippen LogP contribution >= 0.6 is 0 Å². The van der Waals surface area contributed by atoms with E-state index in [4.69, 9.17) is 0 Å². The first-order valence-electron chi connectivity index (χ1n) is 9.13. The van der Waals surface area contributed by atoms with Gasteiger partial charge in [-0.2, -0.15) is 9.40 Å². The van der Waals surface area contributed by atoms with Gasteiger partial charge in [-0.25, -0.2) is 8.42 Å². The minimum atomic E-state index is -3.48. The Bertz CT molecular complexity index is 981. The lowest BCUT2D eigenvalue weighted by Gasteiger charge is -2.39. The molecule has 1 aromatic heterocycles. The van der Waals surface area contributed by atoms with Crippen LogP contribution in [0.2, 0.25) is 0 Å². The second-order valence-electron chi connectivity index (χ2n) is 7.64. The van der Waals surface area contributed by atoms with Gasteiger partial charge in [-0.3, -0.25) is 9.48 Å². The van der Waals surface area contributed by atoms with E-state index in [1.165, 1.54) is 0 Å². The van der Waals surface area contributed by atoms with Gasteiger partial charge in [0, 0.05) is 31.9 Å².